The zero-order valence-corrected chi connectivity index (χ0v) is 6.42. The summed E-state index contributed by atoms with van der Waals surface area (Å²) >= 11 is 0. The zero-order chi connectivity index (χ0) is 7.98. The summed E-state index contributed by atoms with van der Waals surface area (Å²) in [5.74, 6) is -0.0564. The summed E-state index contributed by atoms with van der Waals surface area (Å²) in [5, 5.41) is 9.94. The summed E-state index contributed by atoms with van der Waals surface area (Å²) in [6, 6.07) is 0. The van der Waals surface area contributed by atoms with Crippen LogP contribution >= 0.6 is 0 Å². The molecule has 2 N–H and O–H groups in total. The first-order chi connectivity index (χ1) is 4.66. The molecule has 0 heterocycles. The Kier molecular flexibility index (Phi) is 4.88. The first-order valence-corrected chi connectivity index (χ1v) is 3.24. The molecule has 0 fully saturated rings. The first-order valence-electron chi connectivity index (χ1n) is 3.24. The minimum Gasteiger partial charge on any atom is -0.396 e. The topological polar surface area (TPSA) is 52.6 Å². The van der Waals surface area contributed by atoms with E-state index >= 15 is 0 Å². The van der Waals surface area contributed by atoms with Gasteiger partial charge in [-0.25, -0.2) is 5.01 Å². The van der Waals surface area contributed by atoms with Gasteiger partial charge in [0, 0.05) is 27.1 Å². The maximum Gasteiger partial charge on any atom is 0.234 e. The van der Waals surface area contributed by atoms with Crippen molar-refractivity contribution in [2.45, 2.75) is 12.8 Å². The van der Waals surface area contributed by atoms with Crippen LogP contribution in [0.1, 0.15) is 12.8 Å². The fourth-order valence-corrected chi connectivity index (χ4v) is 0.545. The highest BCUT2D eigenvalue weighted by Gasteiger charge is 1.99. The third kappa shape index (κ3) is 5.53. The lowest BCUT2D eigenvalue weighted by Gasteiger charge is -2.10. The second-order valence-corrected chi connectivity index (χ2v) is 2.26. The van der Waals surface area contributed by atoms with Crippen molar-refractivity contribution in [3.05, 3.63) is 0 Å². The van der Waals surface area contributed by atoms with Crippen LogP contribution in [0.15, 0.2) is 0 Å². The van der Waals surface area contributed by atoms with E-state index in [0.717, 1.165) is 0 Å². The Hall–Kier alpha value is -0.610. The van der Waals surface area contributed by atoms with E-state index in [1.54, 1.807) is 19.1 Å². The molecule has 0 aromatic heterocycles. The van der Waals surface area contributed by atoms with Crippen LogP contribution in [0.4, 0.5) is 0 Å². The van der Waals surface area contributed by atoms with Crippen LogP contribution in [0.2, 0.25) is 0 Å². The number of nitrogens with one attached hydrogen (secondary N) is 1. The van der Waals surface area contributed by atoms with Crippen molar-refractivity contribution < 1.29 is 9.90 Å². The lowest BCUT2D eigenvalue weighted by Crippen LogP contribution is -2.35. The summed E-state index contributed by atoms with van der Waals surface area (Å²) in [5.41, 5.74) is 2.56. The van der Waals surface area contributed by atoms with Crippen molar-refractivity contribution in [1.82, 2.24) is 10.4 Å². The molecular weight excluding hydrogens is 132 g/mol. The van der Waals surface area contributed by atoms with Crippen LogP contribution in [-0.2, 0) is 4.79 Å². The fourth-order valence-electron chi connectivity index (χ4n) is 0.545. The van der Waals surface area contributed by atoms with Gasteiger partial charge in [-0.15, -0.1) is 0 Å². The number of hydrogen-bond acceptors (Lipinski definition) is 3. The number of aliphatic hydroxyl groups excluding tert-OH is 1. The predicted octanol–water partition coefficient (Wildman–Crippen LogP) is -0.648. The quantitative estimate of drug-likeness (QED) is 0.518. The average Bonchev–Trinajstić information content (AvgIpc) is 1.82. The molecule has 1 amide bonds. The van der Waals surface area contributed by atoms with E-state index in [1.807, 2.05) is 0 Å². The highest BCUT2D eigenvalue weighted by atomic mass is 16.3. The third-order valence-electron chi connectivity index (χ3n) is 0.910. The summed E-state index contributed by atoms with van der Waals surface area (Å²) in [7, 11) is 3.49. The molecule has 0 aromatic carbocycles. The Balaban J connectivity index is 3.26. The fraction of sp³-hybridized carbons (Fsp3) is 0.833. The van der Waals surface area contributed by atoms with Crippen LogP contribution in [0.25, 0.3) is 0 Å². The largest absolute Gasteiger partial charge is 0.396 e. The lowest BCUT2D eigenvalue weighted by atomic mass is 10.3. The molecule has 0 radical (unpaired) electrons. The van der Waals surface area contributed by atoms with E-state index in [9.17, 15) is 4.79 Å². The van der Waals surface area contributed by atoms with Gasteiger partial charge in [0.15, 0.2) is 0 Å². The first kappa shape index (κ1) is 9.39. The summed E-state index contributed by atoms with van der Waals surface area (Å²) in [6.45, 7) is 0.0703. The Bertz CT molecular complexity index is 104. The van der Waals surface area contributed by atoms with Crippen molar-refractivity contribution >= 4 is 5.91 Å². The molecule has 0 aliphatic carbocycles. The molecule has 4 nitrogen and oxygen atoms in total. The van der Waals surface area contributed by atoms with Crippen molar-refractivity contribution in [3.63, 3.8) is 0 Å². The summed E-state index contributed by atoms with van der Waals surface area (Å²) in [6.07, 6.45) is 0.911. The van der Waals surface area contributed by atoms with Crippen LogP contribution in [0.5, 0.6) is 0 Å². The molecule has 0 bridgehead atoms. The van der Waals surface area contributed by atoms with Gasteiger partial charge in [0.25, 0.3) is 0 Å². The standard InChI is InChI=1S/C6H14N2O2/c1-8(2)7-6(10)4-3-5-9/h9H,3-5H2,1-2H3,(H,7,10). The molecule has 0 saturated carbocycles. The molecular formula is C6H14N2O2. The van der Waals surface area contributed by atoms with Crippen LogP contribution in [0, 0.1) is 0 Å². The maximum absolute atomic E-state index is 10.7. The van der Waals surface area contributed by atoms with Gasteiger partial charge < -0.3 is 5.11 Å². The number of amides is 1. The van der Waals surface area contributed by atoms with E-state index in [2.05, 4.69) is 5.43 Å². The molecule has 0 aliphatic rings. The molecule has 0 atom stereocenters. The average molecular weight is 146 g/mol. The van der Waals surface area contributed by atoms with Gasteiger partial charge in [-0.05, 0) is 6.42 Å². The Labute approximate surface area is 60.8 Å². The van der Waals surface area contributed by atoms with Gasteiger partial charge in [-0.1, -0.05) is 0 Å². The van der Waals surface area contributed by atoms with E-state index < -0.39 is 0 Å². The normalized spacial score (nSPS) is 10.0. The van der Waals surface area contributed by atoms with Gasteiger partial charge in [-0.3, -0.25) is 10.2 Å². The van der Waals surface area contributed by atoms with E-state index in [-0.39, 0.29) is 12.5 Å². The number of nitrogens with zero attached hydrogens (tertiary/aromatic N) is 1. The van der Waals surface area contributed by atoms with Crippen LogP contribution < -0.4 is 5.43 Å². The van der Waals surface area contributed by atoms with Gasteiger partial charge in [0.2, 0.25) is 5.91 Å². The highest BCUT2D eigenvalue weighted by Crippen LogP contribution is 1.85. The van der Waals surface area contributed by atoms with E-state index in [0.29, 0.717) is 12.8 Å². The second-order valence-electron chi connectivity index (χ2n) is 2.26. The lowest BCUT2D eigenvalue weighted by molar-refractivity contribution is -0.125. The Morgan fingerprint density at radius 1 is 1.60 bits per heavy atom. The zero-order valence-electron chi connectivity index (χ0n) is 6.42. The minimum absolute atomic E-state index is 0.0564. The van der Waals surface area contributed by atoms with Crippen molar-refractivity contribution in [2.24, 2.45) is 0 Å². The Morgan fingerprint density at radius 2 is 2.20 bits per heavy atom. The SMILES string of the molecule is CN(C)NC(=O)CCCO. The molecule has 60 valence electrons. The smallest absolute Gasteiger partial charge is 0.234 e. The number of aliphatic hydroxyl groups is 1. The van der Waals surface area contributed by atoms with Crippen LogP contribution in [0.3, 0.4) is 0 Å². The molecule has 10 heavy (non-hydrogen) atoms. The molecule has 0 saturated heterocycles. The maximum atomic E-state index is 10.7. The number of hydrazine groups is 1. The second kappa shape index (κ2) is 5.20. The molecule has 0 rings (SSSR count). The highest BCUT2D eigenvalue weighted by molar-refractivity contribution is 5.75. The van der Waals surface area contributed by atoms with E-state index in [4.69, 9.17) is 5.11 Å². The molecule has 0 aromatic rings. The monoisotopic (exact) mass is 146 g/mol. The number of rotatable bonds is 4. The number of carbonyl (C=O) groups is 1. The summed E-state index contributed by atoms with van der Waals surface area (Å²) in [4.78, 5) is 10.7. The predicted molar refractivity (Wildman–Crippen MR) is 38.1 cm³/mol. The van der Waals surface area contributed by atoms with Gasteiger partial charge in [-0.2, -0.15) is 0 Å². The van der Waals surface area contributed by atoms with Gasteiger partial charge in [0.05, 0.1) is 0 Å². The Morgan fingerprint density at radius 3 is 2.60 bits per heavy atom. The molecule has 0 unspecified atom stereocenters. The third-order valence-corrected chi connectivity index (χ3v) is 0.910. The van der Waals surface area contributed by atoms with Crippen LogP contribution in [-0.4, -0.2) is 36.7 Å². The van der Waals surface area contributed by atoms with Gasteiger partial charge in [0.1, 0.15) is 0 Å². The van der Waals surface area contributed by atoms with Gasteiger partial charge >= 0.3 is 0 Å². The van der Waals surface area contributed by atoms with Crippen molar-refractivity contribution in [2.75, 3.05) is 20.7 Å². The molecule has 0 spiro atoms. The number of hydrogen-bond donors (Lipinski definition) is 2. The number of carbonyl (C=O) groups excluding carboxylic acids is 1. The molecule has 0 aliphatic heterocycles. The molecule has 4 heteroatoms. The minimum atomic E-state index is -0.0564. The summed E-state index contributed by atoms with van der Waals surface area (Å²) < 4.78 is 0. The van der Waals surface area contributed by atoms with Crippen molar-refractivity contribution in [3.8, 4) is 0 Å². The van der Waals surface area contributed by atoms with Crippen molar-refractivity contribution in [1.29, 1.82) is 0 Å². The van der Waals surface area contributed by atoms with E-state index in [1.165, 1.54) is 0 Å².